The Hall–Kier alpha value is -0.900. The molecule has 1 atom stereocenters. The van der Waals surface area contributed by atoms with Crippen molar-refractivity contribution >= 4 is 0 Å². The Labute approximate surface area is 97.0 Å². The van der Waals surface area contributed by atoms with Crippen molar-refractivity contribution in [3.05, 3.63) is 35.4 Å². The molecule has 3 heteroatoms. The maximum atomic E-state index is 9.89. The zero-order chi connectivity index (χ0) is 11.8. The second-order valence-corrected chi connectivity index (χ2v) is 3.64. The third-order valence-corrected chi connectivity index (χ3v) is 2.40. The van der Waals surface area contributed by atoms with Crippen LogP contribution in [0.25, 0.3) is 0 Å². The van der Waals surface area contributed by atoms with Gasteiger partial charge in [-0.05, 0) is 25.0 Å². The molecule has 0 aliphatic rings. The molecule has 1 aromatic rings. The van der Waals surface area contributed by atoms with Gasteiger partial charge in [0, 0.05) is 6.61 Å². The molecule has 0 bridgehead atoms. The lowest BCUT2D eigenvalue weighted by Gasteiger charge is -2.13. The normalized spacial score (nSPS) is 12.7. The number of aliphatic hydroxyl groups excluding tert-OH is 1. The summed E-state index contributed by atoms with van der Waals surface area (Å²) in [4.78, 5) is 0. The number of hydrogen-bond donors (Lipinski definition) is 1. The SMILES string of the molecule is CCOCCOCC(O)c1ccccc1C. The third-order valence-electron chi connectivity index (χ3n) is 2.40. The Morgan fingerprint density at radius 3 is 2.56 bits per heavy atom. The van der Waals surface area contributed by atoms with E-state index >= 15 is 0 Å². The Bertz CT molecular complexity index is 299. The van der Waals surface area contributed by atoms with E-state index in [2.05, 4.69) is 0 Å². The molecule has 0 heterocycles. The van der Waals surface area contributed by atoms with Gasteiger partial charge in [-0.3, -0.25) is 0 Å². The third kappa shape index (κ3) is 4.31. The Kier molecular flexibility index (Phi) is 6.08. The summed E-state index contributed by atoms with van der Waals surface area (Å²) in [5, 5.41) is 9.89. The van der Waals surface area contributed by atoms with Gasteiger partial charge in [0.05, 0.1) is 19.8 Å². The molecule has 16 heavy (non-hydrogen) atoms. The summed E-state index contributed by atoms with van der Waals surface area (Å²) >= 11 is 0. The first kappa shape index (κ1) is 13.2. The van der Waals surface area contributed by atoms with E-state index in [1.807, 2.05) is 38.1 Å². The first-order valence-corrected chi connectivity index (χ1v) is 5.64. The number of hydrogen-bond acceptors (Lipinski definition) is 3. The summed E-state index contributed by atoms with van der Waals surface area (Å²) in [7, 11) is 0. The molecule has 1 rings (SSSR count). The van der Waals surface area contributed by atoms with Crippen molar-refractivity contribution in [1.29, 1.82) is 0 Å². The van der Waals surface area contributed by atoms with Crippen LogP contribution < -0.4 is 0 Å². The minimum absolute atomic E-state index is 0.317. The van der Waals surface area contributed by atoms with Crippen LogP contribution in [-0.2, 0) is 9.47 Å². The molecular formula is C13H20O3. The highest BCUT2D eigenvalue weighted by Crippen LogP contribution is 2.17. The Balaban J connectivity index is 2.30. The van der Waals surface area contributed by atoms with Gasteiger partial charge in [-0.15, -0.1) is 0 Å². The topological polar surface area (TPSA) is 38.7 Å². The smallest absolute Gasteiger partial charge is 0.103 e. The average Bonchev–Trinajstić information content (AvgIpc) is 2.29. The molecule has 0 fully saturated rings. The van der Waals surface area contributed by atoms with Gasteiger partial charge in [0.25, 0.3) is 0 Å². The predicted molar refractivity (Wildman–Crippen MR) is 63.5 cm³/mol. The zero-order valence-corrected chi connectivity index (χ0v) is 9.98. The summed E-state index contributed by atoms with van der Waals surface area (Å²) in [5.74, 6) is 0. The van der Waals surface area contributed by atoms with Crippen molar-refractivity contribution in [2.24, 2.45) is 0 Å². The van der Waals surface area contributed by atoms with Gasteiger partial charge in [-0.25, -0.2) is 0 Å². The van der Waals surface area contributed by atoms with E-state index in [0.29, 0.717) is 26.4 Å². The molecule has 1 aromatic carbocycles. The number of rotatable bonds is 7. The van der Waals surface area contributed by atoms with E-state index < -0.39 is 6.10 Å². The second-order valence-electron chi connectivity index (χ2n) is 3.64. The molecular weight excluding hydrogens is 204 g/mol. The highest BCUT2D eigenvalue weighted by Gasteiger charge is 2.09. The van der Waals surface area contributed by atoms with Crippen molar-refractivity contribution < 1.29 is 14.6 Å². The van der Waals surface area contributed by atoms with Crippen LogP contribution in [0.4, 0.5) is 0 Å². The molecule has 1 unspecified atom stereocenters. The van der Waals surface area contributed by atoms with Crippen molar-refractivity contribution in [2.75, 3.05) is 26.4 Å². The standard InChI is InChI=1S/C13H20O3/c1-3-15-8-9-16-10-13(14)12-7-5-4-6-11(12)2/h4-7,13-14H,3,8-10H2,1-2H3. The summed E-state index contributed by atoms with van der Waals surface area (Å²) in [6.45, 7) is 6.05. The number of aliphatic hydroxyl groups is 1. The molecule has 0 spiro atoms. The Morgan fingerprint density at radius 1 is 1.19 bits per heavy atom. The van der Waals surface area contributed by atoms with E-state index in [1.54, 1.807) is 0 Å². The van der Waals surface area contributed by atoms with Gasteiger partial charge >= 0.3 is 0 Å². The number of benzene rings is 1. The lowest BCUT2D eigenvalue weighted by molar-refractivity contribution is 0.00513. The van der Waals surface area contributed by atoms with Gasteiger partial charge in [0.15, 0.2) is 0 Å². The van der Waals surface area contributed by atoms with Crippen LogP contribution in [0.1, 0.15) is 24.2 Å². The van der Waals surface area contributed by atoms with Gasteiger partial charge in [0.1, 0.15) is 6.10 Å². The van der Waals surface area contributed by atoms with Crippen LogP contribution in [0.2, 0.25) is 0 Å². The maximum Gasteiger partial charge on any atom is 0.103 e. The molecule has 0 radical (unpaired) electrons. The summed E-state index contributed by atoms with van der Waals surface area (Å²) < 4.78 is 10.5. The fourth-order valence-electron chi connectivity index (χ4n) is 1.51. The molecule has 0 amide bonds. The first-order chi connectivity index (χ1) is 7.75. The van der Waals surface area contributed by atoms with Crippen LogP contribution in [0, 0.1) is 6.92 Å². The van der Waals surface area contributed by atoms with E-state index in [0.717, 1.165) is 11.1 Å². The first-order valence-electron chi connectivity index (χ1n) is 5.64. The molecule has 1 N–H and O–H groups in total. The molecule has 3 nitrogen and oxygen atoms in total. The van der Waals surface area contributed by atoms with Crippen LogP contribution in [0.5, 0.6) is 0 Å². The summed E-state index contributed by atoms with van der Waals surface area (Å²) in [6, 6.07) is 7.79. The van der Waals surface area contributed by atoms with Gasteiger partial charge < -0.3 is 14.6 Å². The van der Waals surface area contributed by atoms with Gasteiger partial charge in [-0.2, -0.15) is 0 Å². The fraction of sp³-hybridized carbons (Fsp3) is 0.538. The van der Waals surface area contributed by atoms with Crippen molar-refractivity contribution in [3.63, 3.8) is 0 Å². The van der Waals surface area contributed by atoms with Crippen molar-refractivity contribution in [3.8, 4) is 0 Å². The monoisotopic (exact) mass is 224 g/mol. The fourth-order valence-corrected chi connectivity index (χ4v) is 1.51. The lowest BCUT2D eigenvalue weighted by Crippen LogP contribution is -2.12. The second kappa shape index (κ2) is 7.39. The number of ether oxygens (including phenoxy) is 2. The van der Waals surface area contributed by atoms with Crippen LogP contribution in [0.15, 0.2) is 24.3 Å². The maximum absolute atomic E-state index is 9.89. The lowest BCUT2D eigenvalue weighted by atomic mass is 10.0. The van der Waals surface area contributed by atoms with E-state index in [-0.39, 0.29) is 0 Å². The van der Waals surface area contributed by atoms with Crippen LogP contribution >= 0.6 is 0 Å². The minimum atomic E-state index is -0.553. The summed E-state index contributed by atoms with van der Waals surface area (Å²) in [6.07, 6.45) is -0.553. The van der Waals surface area contributed by atoms with Crippen LogP contribution in [-0.4, -0.2) is 31.5 Å². The quantitative estimate of drug-likeness (QED) is 0.721. The van der Waals surface area contributed by atoms with E-state index in [4.69, 9.17) is 9.47 Å². The molecule has 0 saturated heterocycles. The van der Waals surface area contributed by atoms with Crippen molar-refractivity contribution in [1.82, 2.24) is 0 Å². The number of aryl methyl sites for hydroxylation is 1. The average molecular weight is 224 g/mol. The molecule has 0 saturated carbocycles. The van der Waals surface area contributed by atoms with Crippen molar-refractivity contribution in [2.45, 2.75) is 20.0 Å². The predicted octanol–water partition coefficient (Wildman–Crippen LogP) is 2.08. The molecule has 0 aliphatic carbocycles. The molecule has 0 aromatic heterocycles. The molecule has 90 valence electrons. The molecule has 0 aliphatic heterocycles. The zero-order valence-electron chi connectivity index (χ0n) is 9.98. The van der Waals surface area contributed by atoms with E-state index in [1.165, 1.54) is 0 Å². The van der Waals surface area contributed by atoms with Gasteiger partial charge in [-0.1, -0.05) is 24.3 Å². The highest BCUT2D eigenvalue weighted by molar-refractivity contribution is 5.27. The highest BCUT2D eigenvalue weighted by atomic mass is 16.5. The van der Waals surface area contributed by atoms with Crippen LogP contribution in [0.3, 0.4) is 0 Å². The largest absolute Gasteiger partial charge is 0.386 e. The minimum Gasteiger partial charge on any atom is -0.386 e. The van der Waals surface area contributed by atoms with Gasteiger partial charge in [0.2, 0.25) is 0 Å². The Morgan fingerprint density at radius 2 is 1.88 bits per heavy atom. The van der Waals surface area contributed by atoms with E-state index in [9.17, 15) is 5.11 Å². The summed E-state index contributed by atoms with van der Waals surface area (Å²) in [5.41, 5.74) is 2.02.